The number of fused-ring (bicyclic) bond motifs is 1. The summed E-state index contributed by atoms with van der Waals surface area (Å²) in [6.07, 6.45) is 0.137. The van der Waals surface area contributed by atoms with Gasteiger partial charge in [-0.3, -0.25) is 4.79 Å². The van der Waals surface area contributed by atoms with Gasteiger partial charge in [0.25, 0.3) is 5.91 Å². The van der Waals surface area contributed by atoms with Crippen molar-refractivity contribution in [2.45, 2.75) is 18.6 Å². The minimum Gasteiger partial charge on any atom is -0.480 e. The second-order valence-electron chi connectivity index (χ2n) is 4.66. The fourth-order valence-electron chi connectivity index (χ4n) is 2.44. The number of nitrogens with zero attached hydrogens (tertiary/aromatic N) is 1. The van der Waals surface area contributed by atoms with Gasteiger partial charge < -0.3 is 14.7 Å². The highest BCUT2D eigenvalue weighted by atomic mass is 32.1. The van der Waals surface area contributed by atoms with Gasteiger partial charge in [-0.05, 0) is 17.5 Å². The van der Waals surface area contributed by atoms with Crippen LogP contribution in [0.25, 0.3) is 9.40 Å². The van der Waals surface area contributed by atoms with Gasteiger partial charge in [0.2, 0.25) is 0 Å². The quantitative estimate of drug-likeness (QED) is 0.944. The molecule has 2 atom stereocenters. The monoisotopic (exact) mass is 311 g/mol. The van der Waals surface area contributed by atoms with Crippen molar-refractivity contribution in [3.05, 3.63) is 22.4 Å². The van der Waals surface area contributed by atoms with Crippen molar-refractivity contribution in [3.63, 3.8) is 0 Å². The van der Waals surface area contributed by atoms with E-state index in [-0.39, 0.29) is 12.0 Å². The molecule has 1 amide bonds. The van der Waals surface area contributed by atoms with Gasteiger partial charge in [0.1, 0.15) is 6.04 Å². The smallest absolute Gasteiger partial charge is 0.326 e. The summed E-state index contributed by atoms with van der Waals surface area (Å²) in [5.41, 5.74) is 0. The zero-order valence-corrected chi connectivity index (χ0v) is 12.4. The van der Waals surface area contributed by atoms with E-state index in [2.05, 4.69) is 0 Å². The van der Waals surface area contributed by atoms with Gasteiger partial charge >= 0.3 is 5.97 Å². The molecule has 106 valence electrons. The summed E-state index contributed by atoms with van der Waals surface area (Å²) in [4.78, 5) is 25.8. The number of methoxy groups -OCH3 is 1. The Morgan fingerprint density at radius 2 is 2.25 bits per heavy atom. The molecule has 2 aromatic heterocycles. The topological polar surface area (TPSA) is 66.8 Å². The van der Waals surface area contributed by atoms with Crippen LogP contribution in [0.15, 0.2) is 17.5 Å². The number of carboxylic acid groups (broad SMARTS) is 1. The van der Waals surface area contributed by atoms with Gasteiger partial charge in [-0.25, -0.2) is 4.79 Å². The minimum atomic E-state index is -0.976. The summed E-state index contributed by atoms with van der Waals surface area (Å²) >= 11 is 2.99. The molecule has 0 spiro atoms. The van der Waals surface area contributed by atoms with Crippen molar-refractivity contribution >= 4 is 43.9 Å². The molecule has 1 fully saturated rings. The molecule has 2 unspecified atom stereocenters. The molecule has 1 N–H and O–H groups in total. The Morgan fingerprint density at radius 3 is 2.90 bits per heavy atom. The first kappa shape index (κ1) is 13.5. The number of carbonyl (C=O) groups excluding carboxylic acids is 1. The third kappa shape index (κ3) is 2.21. The van der Waals surface area contributed by atoms with Crippen molar-refractivity contribution in [2.24, 2.45) is 0 Å². The number of likely N-dealkylation sites (tertiary alicyclic amines) is 1. The van der Waals surface area contributed by atoms with E-state index in [4.69, 9.17) is 4.74 Å². The van der Waals surface area contributed by atoms with Crippen molar-refractivity contribution < 1.29 is 19.4 Å². The number of rotatable bonds is 3. The fourth-order valence-corrected chi connectivity index (χ4v) is 4.50. The normalized spacial score (nSPS) is 22.6. The molecule has 20 heavy (non-hydrogen) atoms. The van der Waals surface area contributed by atoms with Crippen molar-refractivity contribution in [1.29, 1.82) is 0 Å². The molecule has 0 saturated carbocycles. The number of ether oxygens (including phenoxy) is 1. The number of thiophene rings is 2. The second-order valence-corrected chi connectivity index (χ2v) is 6.70. The summed E-state index contributed by atoms with van der Waals surface area (Å²) in [6.45, 7) is 0.331. The average molecular weight is 311 g/mol. The standard InChI is InChI=1S/C13H13NO4S2/c1-18-7-4-8(13(16)17)14(6-7)12(15)11-5-10-9(20-11)2-3-19-10/h2-3,5,7-8H,4,6H2,1H3,(H,16,17). The third-order valence-electron chi connectivity index (χ3n) is 3.49. The molecule has 2 aromatic rings. The lowest BCUT2D eigenvalue weighted by Crippen LogP contribution is -2.40. The molecular weight excluding hydrogens is 298 g/mol. The van der Waals surface area contributed by atoms with Gasteiger partial charge in [-0.15, -0.1) is 22.7 Å². The maximum Gasteiger partial charge on any atom is 0.326 e. The van der Waals surface area contributed by atoms with Crippen LogP contribution >= 0.6 is 22.7 Å². The summed E-state index contributed by atoms with van der Waals surface area (Å²) < 4.78 is 7.33. The Kier molecular flexibility index (Phi) is 3.49. The SMILES string of the molecule is COC1CC(C(=O)O)N(C(=O)c2cc3sccc3s2)C1. The van der Waals surface area contributed by atoms with Crippen LogP contribution in [0.3, 0.4) is 0 Å². The largest absolute Gasteiger partial charge is 0.480 e. The zero-order chi connectivity index (χ0) is 14.3. The summed E-state index contributed by atoms with van der Waals surface area (Å²) in [7, 11) is 1.54. The Labute approximate surface area is 123 Å². The van der Waals surface area contributed by atoms with Crippen molar-refractivity contribution in [3.8, 4) is 0 Å². The maximum absolute atomic E-state index is 12.5. The third-order valence-corrected chi connectivity index (χ3v) is 5.57. The van der Waals surface area contributed by atoms with Crippen molar-refractivity contribution in [1.82, 2.24) is 4.90 Å². The van der Waals surface area contributed by atoms with E-state index in [1.807, 2.05) is 17.5 Å². The number of aliphatic carboxylic acids is 1. The summed E-state index contributed by atoms with van der Waals surface area (Å²) in [5, 5.41) is 11.2. The molecule has 0 aromatic carbocycles. The summed E-state index contributed by atoms with van der Waals surface area (Å²) in [5.74, 6) is -1.19. The molecule has 0 bridgehead atoms. The molecule has 3 rings (SSSR count). The average Bonchev–Trinajstić information content (AvgIpc) is 3.10. The Bertz CT molecular complexity index is 634. The van der Waals surface area contributed by atoms with Crippen LogP contribution in [-0.4, -0.2) is 47.7 Å². The van der Waals surface area contributed by atoms with Crippen LogP contribution in [-0.2, 0) is 9.53 Å². The molecule has 1 aliphatic heterocycles. The minimum absolute atomic E-state index is 0.207. The molecule has 1 aliphatic rings. The van der Waals surface area contributed by atoms with Crippen LogP contribution in [0.4, 0.5) is 0 Å². The van der Waals surface area contributed by atoms with Gasteiger partial charge in [0.15, 0.2) is 0 Å². The van der Waals surface area contributed by atoms with E-state index in [0.29, 0.717) is 17.8 Å². The van der Waals surface area contributed by atoms with Crippen LogP contribution in [0.5, 0.6) is 0 Å². The Hall–Kier alpha value is -1.44. The highest BCUT2D eigenvalue weighted by molar-refractivity contribution is 7.27. The van der Waals surface area contributed by atoms with Crippen LogP contribution in [0.2, 0.25) is 0 Å². The number of carboxylic acids is 1. The molecular formula is C13H13NO4S2. The van der Waals surface area contributed by atoms with E-state index < -0.39 is 12.0 Å². The number of hydrogen-bond donors (Lipinski definition) is 1. The number of carbonyl (C=O) groups is 2. The second kappa shape index (κ2) is 5.16. The van der Waals surface area contributed by atoms with Crippen LogP contribution < -0.4 is 0 Å². The lowest BCUT2D eigenvalue weighted by Gasteiger charge is -2.20. The maximum atomic E-state index is 12.5. The molecule has 5 nitrogen and oxygen atoms in total. The summed E-state index contributed by atoms with van der Waals surface area (Å²) in [6, 6.07) is 3.01. The van der Waals surface area contributed by atoms with Gasteiger partial charge in [0, 0.05) is 29.5 Å². The zero-order valence-electron chi connectivity index (χ0n) is 10.7. The van der Waals surface area contributed by atoms with Crippen LogP contribution in [0.1, 0.15) is 16.1 Å². The lowest BCUT2D eigenvalue weighted by molar-refractivity contribution is -0.141. The predicted octanol–water partition coefficient (Wildman–Crippen LogP) is 2.28. The first-order valence-electron chi connectivity index (χ1n) is 6.13. The molecule has 0 radical (unpaired) electrons. The van der Waals surface area contributed by atoms with Crippen LogP contribution in [0, 0.1) is 0 Å². The predicted molar refractivity (Wildman–Crippen MR) is 77.6 cm³/mol. The van der Waals surface area contributed by atoms with E-state index >= 15 is 0 Å². The van der Waals surface area contributed by atoms with Gasteiger partial charge in [-0.2, -0.15) is 0 Å². The first-order chi connectivity index (χ1) is 9.60. The molecule has 3 heterocycles. The highest BCUT2D eigenvalue weighted by Crippen LogP contribution is 2.32. The van der Waals surface area contributed by atoms with Gasteiger partial charge in [0.05, 0.1) is 11.0 Å². The van der Waals surface area contributed by atoms with E-state index in [1.54, 1.807) is 18.4 Å². The number of amides is 1. The molecule has 7 heteroatoms. The Balaban J connectivity index is 1.88. The van der Waals surface area contributed by atoms with E-state index in [9.17, 15) is 14.7 Å². The lowest BCUT2D eigenvalue weighted by atomic mass is 10.2. The molecule has 1 saturated heterocycles. The van der Waals surface area contributed by atoms with E-state index in [0.717, 1.165) is 9.40 Å². The first-order valence-corrected chi connectivity index (χ1v) is 7.83. The highest BCUT2D eigenvalue weighted by Gasteiger charge is 2.40. The fraction of sp³-hybridized carbons (Fsp3) is 0.385. The Morgan fingerprint density at radius 1 is 1.45 bits per heavy atom. The van der Waals surface area contributed by atoms with Gasteiger partial charge in [-0.1, -0.05) is 0 Å². The van der Waals surface area contributed by atoms with Crippen molar-refractivity contribution in [2.75, 3.05) is 13.7 Å². The molecule has 0 aliphatic carbocycles. The number of hydrogen-bond acceptors (Lipinski definition) is 5. The van der Waals surface area contributed by atoms with E-state index in [1.165, 1.54) is 16.2 Å².